The summed E-state index contributed by atoms with van der Waals surface area (Å²) in [5.41, 5.74) is 1.64. The zero-order valence-corrected chi connectivity index (χ0v) is 21.1. The summed E-state index contributed by atoms with van der Waals surface area (Å²) in [6.07, 6.45) is 4.14. The summed E-state index contributed by atoms with van der Waals surface area (Å²) in [5, 5.41) is 8.75. The van der Waals surface area contributed by atoms with Gasteiger partial charge in [0.1, 0.15) is 0 Å². The van der Waals surface area contributed by atoms with Gasteiger partial charge in [-0.3, -0.25) is 9.59 Å². The minimum Gasteiger partial charge on any atom is -0.343 e. The number of aromatic nitrogens is 1. The van der Waals surface area contributed by atoms with Crippen molar-refractivity contribution in [3.05, 3.63) is 18.2 Å². The Labute approximate surface area is 203 Å². The number of thiazole rings is 1. The molecule has 0 aliphatic carbocycles. The summed E-state index contributed by atoms with van der Waals surface area (Å²) in [5.74, 6) is 0.507. The summed E-state index contributed by atoms with van der Waals surface area (Å²) in [6.45, 7) is 7.40. The van der Waals surface area contributed by atoms with Crippen LogP contribution in [0, 0.1) is 0 Å². The van der Waals surface area contributed by atoms with E-state index < -0.39 is 0 Å². The molecule has 2 atom stereocenters. The fourth-order valence-electron chi connectivity index (χ4n) is 3.85. The molecule has 1 aliphatic rings. The van der Waals surface area contributed by atoms with Crippen LogP contribution in [0.4, 0.5) is 10.5 Å². The molecule has 0 bridgehead atoms. The molecule has 4 amide bonds. The third-order valence-corrected chi connectivity index (χ3v) is 7.93. The van der Waals surface area contributed by atoms with Crippen molar-refractivity contribution < 1.29 is 14.4 Å². The van der Waals surface area contributed by atoms with Gasteiger partial charge in [0.25, 0.3) is 0 Å². The van der Waals surface area contributed by atoms with E-state index in [-0.39, 0.29) is 29.9 Å². The second-order valence-corrected chi connectivity index (χ2v) is 10.4. The molecule has 2 unspecified atom stereocenters. The highest BCUT2D eigenvalue weighted by Gasteiger charge is 2.26. The molecular formula is C23H33N5O3S2. The molecule has 1 saturated heterocycles. The second-order valence-electron chi connectivity index (χ2n) is 8.18. The van der Waals surface area contributed by atoms with Gasteiger partial charge in [-0.1, -0.05) is 24.6 Å². The summed E-state index contributed by atoms with van der Waals surface area (Å²) < 4.78 is 1.85. The lowest BCUT2D eigenvalue weighted by atomic mass is 10.0. The molecule has 2 heterocycles. The number of thioether (sulfide) groups is 1. The first-order valence-corrected chi connectivity index (χ1v) is 13.4. The smallest absolute Gasteiger partial charge is 0.315 e. The summed E-state index contributed by atoms with van der Waals surface area (Å²) in [4.78, 5) is 42.3. The van der Waals surface area contributed by atoms with Crippen LogP contribution in [0.25, 0.3) is 10.2 Å². The lowest BCUT2D eigenvalue weighted by Gasteiger charge is -2.17. The highest BCUT2D eigenvalue weighted by atomic mass is 32.2. The van der Waals surface area contributed by atoms with Gasteiger partial charge in [-0.25, -0.2) is 9.78 Å². The number of carbonyl (C=O) groups excluding carboxylic acids is 3. The Morgan fingerprint density at radius 2 is 1.97 bits per heavy atom. The zero-order chi connectivity index (χ0) is 23.8. The number of fused-ring (bicyclic) bond motifs is 1. The fraction of sp³-hybridized carbons (Fsp3) is 0.565. The van der Waals surface area contributed by atoms with Crippen LogP contribution in [-0.2, 0) is 9.59 Å². The Morgan fingerprint density at radius 1 is 1.18 bits per heavy atom. The molecule has 1 aromatic heterocycles. The molecule has 8 nitrogen and oxygen atoms in total. The van der Waals surface area contributed by atoms with Crippen molar-refractivity contribution >= 4 is 56.8 Å². The van der Waals surface area contributed by atoms with Crippen LogP contribution in [0.1, 0.15) is 52.9 Å². The fourth-order valence-corrected chi connectivity index (χ4v) is 5.86. The minimum absolute atomic E-state index is 0.00230. The molecule has 10 heteroatoms. The molecule has 0 spiro atoms. The Morgan fingerprint density at radius 3 is 2.67 bits per heavy atom. The van der Waals surface area contributed by atoms with Crippen LogP contribution >= 0.6 is 23.1 Å². The SMILES string of the molecule is CCN(CC)C(=O)CSc1nc2ccc(NC(=O)CCCCCC3NC(=O)NC3C)cc2s1. The van der Waals surface area contributed by atoms with Gasteiger partial charge in [-0.2, -0.15) is 0 Å². The number of carbonyl (C=O) groups is 3. The first kappa shape index (κ1) is 25.3. The maximum atomic E-state index is 12.3. The number of urea groups is 1. The van der Waals surface area contributed by atoms with Crippen molar-refractivity contribution in [2.24, 2.45) is 0 Å². The quantitative estimate of drug-likeness (QED) is 0.305. The third-order valence-electron chi connectivity index (χ3n) is 5.79. The maximum absolute atomic E-state index is 12.3. The predicted octanol–water partition coefficient (Wildman–Crippen LogP) is 4.22. The zero-order valence-electron chi connectivity index (χ0n) is 19.5. The van der Waals surface area contributed by atoms with E-state index in [4.69, 9.17) is 0 Å². The van der Waals surface area contributed by atoms with Gasteiger partial charge in [0.2, 0.25) is 11.8 Å². The first-order chi connectivity index (χ1) is 15.9. The van der Waals surface area contributed by atoms with Gasteiger partial charge in [0.05, 0.1) is 22.0 Å². The van der Waals surface area contributed by atoms with Crippen LogP contribution in [0.15, 0.2) is 22.5 Å². The number of benzene rings is 1. The number of unbranched alkanes of at least 4 members (excludes halogenated alkanes) is 2. The van der Waals surface area contributed by atoms with E-state index in [9.17, 15) is 14.4 Å². The molecule has 3 N–H and O–H groups in total. The largest absolute Gasteiger partial charge is 0.343 e. The van der Waals surface area contributed by atoms with E-state index in [1.165, 1.54) is 23.1 Å². The second kappa shape index (κ2) is 12.2. The van der Waals surface area contributed by atoms with Crippen molar-refractivity contribution in [2.45, 2.75) is 69.3 Å². The maximum Gasteiger partial charge on any atom is 0.315 e. The number of anilines is 1. The molecule has 0 saturated carbocycles. The summed E-state index contributed by atoms with van der Waals surface area (Å²) >= 11 is 3.00. The highest BCUT2D eigenvalue weighted by molar-refractivity contribution is 8.01. The van der Waals surface area contributed by atoms with Crippen molar-refractivity contribution in [3.63, 3.8) is 0 Å². The molecule has 180 valence electrons. The predicted molar refractivity (Wildman–Crippen MR) is 135 cm³/mol. The topological polar surface area (TPSA) is 103 Å². The number of nitrogens with zero attached hydrogens (tertiary/aromatic N) is 2. The van der Waals surface area contributed by atoms with Gasteiger partial charge in [0, 0.05) is 31.2 Å². The molecule has 1 aliphatic heterocycles. The average Bonchev–Trinajstić information content (AvgIpc) is 3.34. The van der Waals surface area contributed by atoms with E-state index in [0.717, 1.165) is 45.9 Å². The Balaban J connectivity index is 1.41. The molecule has 1 fully saturated rings. The Hall–Kier alpha value is -2.33. The lowest BCUT2D eigenvalue weighted by Crippen LogP contribution is -2.31. The summed E-state index contributed by atoms with van der Waals surface area (Å²) in [7, 11) is 0. The molecule has 33 heavy (non-hydrogen) atoms. The number of rotatable bonds is 12. The molecular weight excluding hydrogens is 458 g/mol. The first-order valence-electron chi connectivity index (χ1n) is 11.6. The molecule has 0 radical (unpaired) electrons. The van der Waals surface area contributed by atoms with Gasteiger partial charge < -0.3 is 20.9 Å². The summed E-state index contributed by atoms with van der Waals surface area (Å²) in [6, 6.07) is 5.96. The van der Waals surface area contributed by atoms with Crippen LogP contribution in [0.3, 0.4) is 0 Å². The standard InChI is InChI=1S/C23H33N5O3S2/c1-4-28(5-2)21(30)14-32-23-27-18-12-11-16(13-19(18)33-23)25-20(29)10-8-6-7-9-17-15(3)24-22(31)26-17/h11-13,15,17H,4-10,14H2,1-3H3,(H,25,29)(H2,24,26,31). The molecule has 3 rings (SSSR count). The number of hydrogen-bond donors (Lipinski definition) is 3. The van der Waals surface area contributed by atoms with Gasteiger partial charge >= 0.3 is 6.03 Å². The van der Waals surface area contributed by atoms with Gasteiger partial charge in [-0.05, 0) is 51.8 Å². The van der Waals surface area contributed by atoms with Crippen LogP contribution < -0.4 is 16.0 Å². The minimum atomic E-state index is -0.0939. The normalized spacial score (nSPS) is 17.6. The van der Waals surface area contributed by atoms with E-state index in [0.29, 0.717) is 25.3 Å². The Bertz CT molecular complexity index is 976. The van der Waals surface area contributed by atoms with Crippen molar-refractivity contribution in [3.8, 4) is 0 Å². The lowest BCUT2D eigenvalue weighted by molar-refractivity contribution is -0.128. The van der Waals surface area contributed by atoms with Gasteiger partial charge in [0.15, 0.2) is 4.34 Å². The Kier molecular flexibility index (Phi) is 9.37. The van der Waals surface area contributed by atoms with E-state index >= 15 is 0 Å². The molecule has 1 aromatic carbocycles. The molecule has 2 aromatic rings. The van der Waals surface area contributed by atoms with E-state index in [1.807, 2.05) is 43.9 Å². The van der Waals surface area contributed by atoms with Crippen molar-refractivity contribution in [1.29, 1.82) is 0 Å². The van der Waals surface area contributed by atoms with Gasteiger partial charge in [-0.15, -0.1) is 11.3 Å². The number of hydrogen-bond acceptors (Lipinski definition) is 6. The van der Waals surface area contributed by atoms with Crippen molar-refractivity contribution in [2.75, 3.05) is 24.2 Å². The van der Waals surface area contributed by atoms with Crippen LogP contribution in [0.5, 0.6) is 0 Å². The van der Waals surface area contributed by atoms with Crippen LogP contribution in [0.2, 0.25) is 0 Å². The van der Waals surface area contributed by atoms with E-state index in [2.05, 4.69) is 20.9 Å². The van der Waals surface area contributed by atoms with Crippen molar-refractivity contribution in [1.82, 2.24) is 20.5 Å². The highest BCUT2D eigenvalue weighted by Crippen LogP contribution is 2.31. The number of nitrogens with one attached hydrogen (secondary N) is 3. The van der Waals surface area contributed by atoms with Crippen LogP contribution in [-0.4, -0.2) is 58.7 Å². The van der Waals surface area contributed by atoms with E-state index in [1.54, 1.807) is 0 Å². The monoisotopic (exact) mass is 491 g/mol. The third kappa shape index (κ3) is 7.33. The average molecular weight is 492 g/mol. The number of amides is 4.